The molecule has 0 bridgehead atoms. The molecule has 0 saturated heterocycles. The van der Waals surface area contributed by atoms with Gasteiger partial charge in [0.25, 0.3) is 10.2 Å². The zero-order chi connectivity index (χ0) is 16.1. The zero-order valence-electron chi connectivity index (χ0n) is 13.0. The van der Waals surface area contributed by atoms with Gasteiger partial charge in [-0.3, -0.25) is 0 Å². The van der Waals surface area contributed by atoms with E-state index in [9.17, 15) is 8.42 Å². The normalized spacial score (nSPS) is 12.1. The van der Waals surface area contributed by atoms with Gasteiger partial charge in [-0.25, -0.2) is 0 Å². The summed E-state index contributed by atoms with van der Waals surface area (Å²) in [6, 6.07) is 7.45. The lowest BCUT2D eigenvalue weighted by Crippen LogP contribution is -2.47. The fraction of sp³-hybridized carbons (Fsp3) is 0.467. The molecule has 0 aliphatic rings. The highest BCUT2D eigenvalue weighted by Crippen LogP contribution is 2.13. The van der Waals surface area contributed by atoms with Gasteiger partial charge in [-0.05, 0) is 32.4 Å². The van der Waals surface area contributed by atoms with Gasteiger partial charge in [0.1, 0.15) is 0 Å². The summed E-state index contributed by atoms with van der Waals surface area (Å²) in [5, 5.41) is 0. The molecule has 0 radical (unpaired) electrons. The molecule has 0 atom stereocenters. The summed E-state index contributed by atoms with van der Waals surface area (Å²) in [4.78, 5) is 0. The van der Waals surface area contributed by atoms with Crippen LogP contribution in [0.15, 0.2) is 24.3 Å². The molecule has 5 nitrogen and oxygen atoms in total. The summed E-state index contributed by atoms with van der Waals surface area (Å²) in [7, 11) is -2.00. The topological polar surface area (TPSA) is 75.4 Å². The Morgan fingerprint density at radius 3 is 2.48 bits per heavy atom. The summed E-state index contributed by atoms with van der Waals surface area (Å²) in [5.41, 5.74) is 6.49. The first-order valence-corrected chi connectivity index (χ1v) is 8.12. The summed E-state index contributed by atoms with van der Waals surface area (Å²) in [6.45, 7) is 5.94. The molecule has 1 rings (SSSR count). The molecule has 0 aromatic heterocycles. The highest BCUT2D eigenvalue weighted by Gasteiger charge is 2.24. The lowest BCUT2D eigenvalue weighted by atomic mass is 10.1. The van der Waals surface area contributed by atoms with E-state index >= 15 is 0 Å². The Balaban J connectivity index is 2.96. The van der Waals surface area contributed by atoms with E-state index in [2.05, 4.69) is 16.6 Å². The third kappa shape index (κ3) is 5.86. The van der Waals surface area contributed by atoms with E-state index in [4.69, 9.17) is 5.73 Å². The zero-order valence-corrected chi connectivity index (χ0v) is 13.8. The minimum Gasteiger partial charge on any atom is -0.320 e. The van der Waals surface area contributed by atoms with Crippen molar-refractivity contribution in [3.63, 3.8) is 0 Å². The van der Waals surface area contributed by atoms with Crippen LogP contribution in [0.2, 0.25) is 0 Å². The third-order valence-corrected chi connectivity index (χ3v) is 4.40. The maximum atomic E-state index is 12.2. The van der Waals surface area contributed by atoms with Crippen molar-refractivity contribution in [2.75, 3.05) is 13.6 Å². The van der Waals surface area contributed by atoms with E-state index < -0.39 is 15.7 Å². The number of rotatable bonds is 4. The second-order valence-electron chi connectivity index (χ2n) is 5.78. The van der Waals surface area contributed by atoms with Crippen molar-refractivity contribution in [1.82, 2.24) is 9.03 Å². The van der Waals surface area contributed by atoms with Crippen molar-refractivity contribution in [2.45, 2.75) is 32.9 Å². The molecule has 1 aromatic rings. The SMILES string of the molecule is CN(Cc1ccccc1C#CCN)S(=O)(=O)NC(C)(C)C. The van der Waals surface area contributed by atoms with Gasteiger partial charge in [-0.1, -0.05) is 30.0 Å². The van der Waals surface area contributed by atoms with Gasteiger partial charge in [-0.15, -0.1) is 0 Å². The largest absolute Gasteiger partial charge is 0.320 e. The van der Waals surface area contributed by atoms with Crippen LogP contribution in [0.5, 0.6) is 0 Å². The Bertz CT molecular complexity index is 637. The lowest BCUT2D eigenvalue weighted by Gasteiger charge is -2.25. The van der Waals surface area contributed by atoms with Crippen molar-refractivity contribution >= 4 is 10.2 Å². The minimum absolute atomic E-state index is 0.251. The monoisotopic (exact) mass is 309 g/mol. The van der Waals surface area contributed by atoms with Gasteiger partial charge in [-0.2, -0.15) is 17.4 Å². The van der Waals surface area contributed by atoms with Gasteiger partial charge >= 0.3 is 0 Å². The molecule has 0 heterocycles. The van der Waals surface area contributed by atoms with Crippen molar-refractivity contribution in [2.24, 2.45) is 5.73 Å². The minimum atomic E-state index is -3.54. The first-order chi connectivity index (χ1) is 9.65. The second-order valence-corrected chi connectivity index (χ2v) is 7.55. The van der Waals surface area contributed by atoms with Gasteiger partial charge in [0.05, 0.1) is 6.54 Å². The number of nitrogens with one attached hydrogen (secondary N) is 1. The Labute approximate surface area is 127 Å². The number of benzene rings is 1. The molecule has 116 valence electrons. The Hall–Kier alpha value is -1.39. The molecule has 0 unspecified atom stereocenters. The molecule has 0 saturated carbocycles. The number of hydrogen-bond donors (Lipinski definition) is 2. The average molecular weight is 309 g/mol. The smallest absolute Gasteiger partial charge is 0.279 e. The summed E-state index contributed by atoms with van der Waals surface area (Å²) < 4.78 is 28.4. The van der Waals surface area contributed by atoms with Crippen LogP contribution in [0, 0.1) is 11.8 Å². The Morgan fingerprint density at radius 2 is 1.90 bits per heavy atom. The average Bonchev–Trinajstić information content (AvgIpc) is 2.35. The molecule has 0 amide bonds. The second kappa shape index (κ2) is 7.05. The fourth-order valence-corrected chi connectivity index (χ4v) is 2.95. The van der Waals surface area contributed by atoms with Crippen molar-refractivity contribution in [3.05, 3.63) is 35.4 Å². The highest BCUT2D eigenvalue weighted by atomic mass is 32.2. The first-order valence-electron chi connectivity index (χ1n) is 6.68. The quantitative estimate of drug-likeness (QED) is 0.817. The van der Waals surface area contributed by atoms with Crippen LogP contribution in [-0.2, 0) is 16.8 Å². The molecular formula is C15H23N3O2S. The maximum Gasteiger partial charge on any atom is 0.279 e. The summed E-state index contributed by atoms with van der Waals surface area (Å²) in [5.74, 6) is 5.75. The third-order valence-electron chi connectivity index (χ3n) is 2.58. The molecule has 0 spiro atoms. The summed E-state index contributed by atoms with van der Waals surface area (Å²) in [6.07, 6.45) is 0. The van der Waals surface area contributed by atoms with Crippen molar-refractivity contribution < 1.29 is 8.42 Å². The molecule has 0 aliphatic carbocycles. The van der Waals surface area contributed by atoms with E-state index in [0.717, 1.165) is 11.1 Å². The number of hydrogen-bond acceptors (Lipinski definition) is 3. The van der Waals surface area contributed by atoms with Crippen LogP contribution >= 0.6 is 0 Å². The van der Waals surface area contributed by atoms with Crippen LogP contribution in [0.4, 0.5) is 0 Å². The molecule has 1 aromatic carbocycles. The highest BCUT2D eigenvalue weighted by molar-refractivity contribution is 7.87. The van der Waals surface area contributed by atoms with Crippen LogP contribution in [0.25, 0.3) is 0 Å². The van der Waals surface area contributed by atoms with Crippen LogP contribution in [0.3, 0.4) is 0 Å². The Morgan fingerprint density at radius 1 is 1.29 bits per heavy atom. The van der Waals surface area contributed by atoms with Gasteiger partial charge in [0.15, 0.2) is 0 Å². The van der Waals surface area contributed by atoms with E-state index in [1.54, 1.807) is 27.8 Å². The van der Waals surface area contributed by atoms with Gasteiger partial charge < -0.3 is 5.73 Å². The predicted octanol–water partition coefficient (Wildman–Crippen LogP) is 1.06. The van der Waals surface area contributed by atoms with Crippen molar-refractivity contribution in [3.8, 4) is 11.8 Å². The molecule has 6 heteroatoms. The first kappa shape index (κ1) is 17.7. The predicted molar refractivity (Wildman–Crippen MR) is 85.6 cm³/mol. The molecule has 0 fully saturated rings. The molecule has 3 N–H and O–H groups in total. The standard InChI is InChI=1S/C15H23N3O2S/c1-15(2,3)17-21(19,20)18(4)12-14-9-6-5-8-13(14)10-7-11-16/h5-6,8-9,17H,11-12,16H2,1-4H3. The number of nitrogens with zero attached hydrogens (tertiary/aromatic N) is 1. The van der Waals surface area contributed by atoms with Crippen molar-refractivity contribution in [1.29, 1.82) is 0 Å². The maximum absolute atomic E-state index is 12.2. The van der Waals surface area contributed by atoms with E-state index in [1.165, 1.54) is 4.31 Å². The van der Waals surface area contributed by atoms with E-state index in [-0.39, 0.29) is 13.1 Å². The van der Waals surface area contributed by atoms with Crippen LogP contribution < -0.4 is 10.5 Å². The van der Waals surface area contributed by atoms with E-state index in [0.29, 0.717) is 0 Å². The van der Waals surface area contributed by atoms with Gasteiger partial charge in [0, 0.05) is 24.7 Å². The van der Waals surface area contributed by atoms with Gasteiger partial charge in [0.2, 0.25) is 0 Å². The van der Waals surface area contributed by atoms with E-state index in [1.807, 2.05) is 24.3 Å². The molecular weight excluding hydrogens is 286 g/mol. The summed E-state index contributed by atoms with van der Waals surface area (Å²) >= 11 is 0. The number of nitrogens with two attached hydrogens (primary N) is 1. The molecule has 0 aliphatic heterocycles. The Kier molecular flexibility index (Phi) is 5.93. The lowest BCUT2D eigenvalue weighted by molar-refractivity contribution is 0.420. The molecule has 21 heavy (non-hydrogen) atoms. The fourth-order valence-electron chi connectivity index (χ4n) is 1.72. The van der Waals surface area contributed by atoms with Crippen LogP contribution in [-0.4, -0.2) is 31.9 Å². The van der Waals surface area contributed by atoms with Crippen LogP contribution in [0.1, 0.15) is 31.9 Å².